The number of alkyl halides is 3. The van der Waals surface area contributed by atoms with E-state index < -0.39 is 17.6 Å². The number of nitrogens with one attached hydrogen (secondary N) is 1. The van der Waals surface area contributed by atoms with E-state index in [-0.39, 0.29) is 11.3 Å². The van der Waals surface area contributed by atoms with Gasteiger partial charge in [0.1, 0.15) is 11.6 Å². The van der Waals surface area contributed by atoms with E-state index in [0.29, 0.717) is 9.21 Å². The fourth-order valence-electron chi connectivity index (χ4n) is 1.67. The zero-order valence-electron chi connectivity index (χ0n) is 11.3. The number of carbonyl (C=O) groups excluding carboxylic acids is 1. The molecular weight excluding hydrogens is 349 g/mol. The van der Waals surface area contributed by atoms with Gasteiger partial charge in [-0.1, -0.05) is 17.7 Å². The number of nitriles is 1. The SMILES string of the molecule is N#C/C(=C\c1ccc(Cl)s1)C(=O)Nc1cccc(C(F)(F)F)c1. The summed E-state index contributed by atoms with van der Waals surface area (Å²) < 4.78 is 38.4. The van der Waals surface area contributed by atoms with Gasteiger partial charge in [-0.05, 0) is 36.4 Å². The van der Waals surface area contributed by atoms with Crippen molar-refractivity contribution in [1.29, 1.82) is 5.26 Å². The zero-order chi connectivity index (χ0) is 17.0. The Kier molecular flexibility index (Phi) is 5.08. The first-order valence-corrected chi connectivity index (χ1v) is 7.35. The molecule has 0 spiro atoms. The van der Waals surface area contributed by atoms with E-state index in [1.54, 1.807) is 18.2 Å². The number of hydrogen-bond acceptors (Lipinski definition) is 3. The summed E-state index contributed by atoms with van der Waals surface area (Å²) in [6.45, 7) is 0. The van der Waals surface area contributed by atoms with Gasteiger partial charge in [0.25, 0.3) is 5.91 Å². The fourth-order valence-corrected chi connectivity index (χ4v) is 2.67. The third-order valence-electron chi connectivity index (χ3n) is 2.69. The smallest absolute Gasteiger partial charge is 0.321 e. The molecule has 0 radical (unpaired) electrons. The second-order valence-corrected chi connectivity index (χ2v) is 6.09. The van der Waals surface area contributed by atoms with Gasteiger partial charge in [0, 0.05) is 10.6 Å². The molecule has 0 atom stereocenters. The highest BCUT2D eigenvalue weighted by Crippen LogP contribution is 2.30. The molecule has 0 bridgehead atoms. The van der Waals surface area contributed by atoms with E-state index in [9.17, 15) is 18.0 Å². The number of halogens is 4. The molecule has 0 aliphatic carbocycles. The van der Waals surface area contributed by atoms with Crippen LogP contribution in [0.4, 0.5) is 18.9 Å². The minimum atomic E-state index is -4.51. The molecular formula is C15H8ClF3N2OS. The van der Waals surface area contributed by atoms with Crippen LogP contribution in [0.15, 0.2) is 42.0 Å². The third-order valence-corrected chi connectivity index (χ3v) is 3.87. The summed E-state index contributed by atoms with van der Waals surface area (Å²) in [7, 11) is 0. The van der Waals surface area contributed by atoms with Crippen LogP contribution in [0.5, 0.6) is 0 Å². The first-order valence-electron chi connectivity index (χ1n) is 6.15. The molecule has 1 N–H and O–H groups in total. The van der Waals surface area contributed by atoms with Gasteiger partial charge in [-0.2, -0.15) is 18.4 Å². The average molecular weight is 357 g/mol. The maximum atomic E-state index is 12.6. The van der Waals surface area contributed by atoms with E-state index in [2.05, 4.69) is 5.32 Å². The minimum Gasteiger partial charge on any atom is -0.321 e. The second kappa shape index (κ2) is 6.86. The van der Waals surface area contributed by atoms with Crippen LogP contribution in [0.1, 0.15) is 10.4 Å². The van der Waals surface area contributed by atoms with Gasteiger partial charge in [-0.25, -0.2) is 0 Å². The molecule has 23 heavy (non-hydrogen) atoms. The third kappa shape index (κ3) is 4.58. The monoisotopic (exact) mass is 356 g/mol. The van der Waals surface area contributed by atoms with Crippen molar-refractivity contribution in [2.75, 3.05) is 5.32 Å². The van der Waals surface area contributed by atoms with Crippen LogP contribution in [-0.2, 0) is 11.0 Å². The first-order chi connectivity index (χ1) is 10.8. The normalized spacial score (nSPS) is 11.9. The lowest BCUT2D eigenvalue weighted by atomic mass is 10.1. The molecule has 2 rings (SSSR count). The standard InChI is InChI=1S/C15H8ClF3N2OS/c16-13-5-4-12(23-13)6-9(8-20)14(22)21-11-3-1-2-10(7-11)15(17,18)19/h1-7H,(H,21,22)/b9-6+. The Balaban J connectivity index is 2.21. The molecule has 8 heteroatoms. The largest absolute Gasteiger partial charge is 0.416 e. The Labute approximate surface area is 138 Å². The van der Waals surface area contributed by atoms with Crippen molar-refractivity contribution in [2.24, 2.45) is 0 Å². The quantitative estimate of drug-likeness (QED) is 0.623. The molecule has 118 valence electrons. The number of anilines is 1. The van der Waals surface area contributed by atoms with Crippen LogP contribution in [0.25, 0.3) is 6.08 Å². The van der Waals surface area contributed by atoms with Crippen LogP contribution < -0.4 is 5.32 Å². The molecule has 0 saturated heterocycles. The lowest BCUT2D eigenvalue weighted by Crippen LogP contribution is -2.14. The summed E-state index contributed by atoms with van der Waals surface area (Å²) in [5.74, 6) is -0.795. The number of hydrogen-bond donors (Lipinski definition) is 1. The van der Waals surface area contributed by atoms with Gasteiger partial charge in [0.05, 0.1) is 9.90 Å². The van der Waals surface area contributed by atoms with Crippen LogP contribution in [0.2, 0.25) is 4.34 Å². The maximum Gasteiger partial charge on any atom is 0.416 e. The average Bonchev–Trinajstić information content (AvgIpc) is 2.89. The Hall–Kier alpha value is -2.30. The highest BCUT2D eigenvalue weighted by Gasteiger charge is 2.30. The highest BCUT2D eigenvalue weighted by atomic mass is 35.5. The lowest BCUT2D eigenvalue weighted by Gasteiger charge is -2.09. The molecule has 2 aromatic rings. The van der Waals surface area contributed by atoms with Gasteiger partial charge >= 0.3 is 6.18 Å². The van der Waals surface area contributed by atoms with E-state index in [1.807, 2.05) is 0 Å². The number of nitrogens with zero attached hydrogens (tertiary/aromatic N) is 1. The zero-order valence-corrected chi connectivity index (χ0v) is 12.9. The van der Waals surface area contributed by atoms with E-state index in [4.69, 9.17) is 16.9 Å². The lowest BCUT2D eigenvalue weighted by molar-refractivity contribution is -0.137. The van der Waals surface area contributed by atoms with Gasteiger partial charge in [-0.3, -0.25) is 4.79 Å². The summed E-state index contributed by atoms with van der Waals surface area (Å²) in [5.41, 5.74) is -1.17. The molecule has 1 aromatic carbocycles. The second-order valence-electron chi connectivity index (χ2n) is 4.34. The molecule has 3 nitrogen and oxygen atoms in total. The van der Waals surface area contributed by atoms with Crippen LogP contribution >= 0.6 is 22.9 Å². The summed E-state index contributed by atoms with van der Waals surface area (Å²) in [6, 6.07) is 9.13. The molecule has 1 heterocycles. The molecule has 0 unspecified atom stereocenters. The summed E-state index contributed by atoms with van der Waals surface area (Å²) >= 11 is 6.93. The van der Waals surface area contributed by atoms with Crippen LogP contribution in [-0.4, -0.2) is 5.91 Å². The fraction of sp³-hybridized carbons (Fsp3) is 0.0667. The van der Waals surface area contributed by atoms with Crippen molar-refractivity contribution in [3.05, 3.63) is 56.7 Å². The Morgan fingerprint density at radius 1 is 1.30 bits per heavy atom. The maximum absolute atomic E-state index is 12.6. The van der Waals surface area contributed by atoms with Gasteiger partial charge in [0.2, 0.25) is 0 Å². The molecule has 1 amide bonds. The number of carbonyl (C=O) groups is 1. The van der Waals surface area contributed by atoms with Gasteiger partial charge < -0.3 is 5.32 Å². The highest BCUT2D eigenvalue weighted by molar-refractivity contribution is 7.17. The Morgan fingerprint density at radius 2 is 2.04 bits per heavy atom. The predicted octanol–water partition coefficient (Wildman–Crippen LogP) is 4.97. The topological polar surface area (TPSA) is 52.9 Å². The minimum absolute atomic E-state index is 0.0461. The van der Waals surface area contributed by atoms with Crippen LogP contribution in [0.3, 0.4) is 0 Å². The molecule has 0 aliphatic heterocycles. The summed E-state index contributed by atoms with van der Waals surface area (Å²) in [5, 5.41) is 11.3. The molecule has 0 aliphatic rings. The van der Waals surface area contributed by atoms with Crippen molar-refractivity contribution in [1.82, 2.24) is 0 Å². The summed E-state index contributed by atoms with van der Waals surface area (Å²) in [4.78, 5) is 12.6. The Bertz CT molecular complexity index is 806. The molecule has 0 fully saturated rings. The number of amides is 1. The number of rotatable bonds is 3. The van der Waals surface area contributed by atoms with Crippen molar-refractivity contribution in [3.63, 3.8) is 0 Å². The first kappa shape index (κ1) is 17.1. The van der Waals surface area contributed by atoms with E-state index >= 15 is 0 Å². The van der Waals surface area contributed by atoms with Crippen molar-refractivity contribution in [3.8, 4) is 6.07 Å². The van der Waals surface area contributed by atoms with Crippen molar-refractivity contribution >= 4 is 40.6 Å². The van der Waals surface area contributed by atoms with Crippen molar-refractivity contribution < 1.29 is 18.0 Å². The number of thiophene rings is 1. The van der Waals surface area contributed by atoms with E-state index in [1.165, 1.54) is 29.5 Å². The van der Waals surface area contributed by atoms with Crippen LogP contribution in [0, 0.1) is 11.3 Å². The van der Waals surface area contributed by atoms with E-state index in [0.717, 1.165) is 12.1 Å². The Morgan fingerprint density at radius 3 is 2.61 bits per heavy atom. The summed E-state index contributed by atoms with van der Waals surface area (Å²) in [6.07, 6.45) is -3.19. The van der Waals surface area contributed by atoms with Gasteiger partial charge in [0.15, 0.2) is 0 Å². The molecule has 0 saturated carbocycles. The number of benzene rings is 1. The van der Waals surface area contributed by atoms with Gasteiger partial charge in [-0.15, -0.1) is 11.3 Å². The van der Waals surface area contributed by atoms with Crippen molar-refractivity contribution in [2.45, 2.75) is 6.18 Å². The molecule has 1 aromatic heterocycles. The predicted molar refractivity (Wildman–Crippen MR) is 83.0 cm³/mol.